The maximum absolute atomic E-state index is 11.4. The van der Waals surface area contributed by atoms with Gasteiger partial charge in [-0.3, -0.25) is 4.79 Å². The number of anilines is 2. The lowest BCUT2D eigenvalue weighted by molar-refractivity contribution is -0.118. The van der Waals surface area contributed by atoms with Gasteiger partial charge in [0.1, 0.15) is 0 Å². The van der Waals surface area contributed by atoms with Crippen molar-refractivity contribution in [2.24, 2.45) is 5.73 Å². The Balaban J connectivity index is 1.59. The standard InChI is InChI=1S/C21H24N4O/c22-21(26)9-7-19-15-24(17-4-2-1-3-5-17)12-13-25(19)18-6-8-20-16(14-18)10-11-23-20/h1-6,8,10-11,14,19,23H,7,9,12-13,15H2,(H2,22,26). The summed E-state index contributed by atoms with van der Waals surface area (Å²) in [5.41, 5.74) is 9.01. The van der Waals surface area contributed by atoms with E-state index in [9.17, 15) is 4.79 Å². The first-order valence-electron chi connectivity index (χ1n) is 9.13. The number of H-pyrrole nitrogens is 1. The molecule has 0 aliphatic carbocycles. The van der Waals surface area contributed by atoms with E-state index >= 15 is 0 Å². The Labute approximate surface area is 153 Å². The average molecular weight is 348 g/mol. The first-order valence-corrected chi connectivity index (χ1v) is 9.13. The Bertz CT molecular complexity index is 889. The van der Waals surface area contributed by atoms with E-state index < -0.39 is 0 Å². The molecular weight excluding hydrogens is 324 g/mol. The highest BCUT2D eigenvalue weighted by molar-refractivity contribution is 5.83. The van der Waals surface area contributed by atoms with Crippen molar-refractivity contribution in [3.8, 4) is 0 Å². The molecule has 2 heterocycles. The Hall–Kier alpha value is -2.95. The van der Waals surface area contributed by atoms with Crippen LogP contribution in [0.15, 0.2) is 60.8 Å². The molecule has 1 fully saturated rings. The van der Waals surface area contributed by atoms with E-state index in [4.69, 9.17) is 5.73 Å². The summed E-state index contributed by atoms with van der Waals surface area (Å²) >= 11 is 0. The Kier molecular flexibility index (Phi) is 4.52. The smallest absolute Gasteiger partial charge is 0.217 e. The van der Waals surface area contributed by atoms with E-state index in [-0.39, 0.29) is 11.9 Å². The number of nitrogens with two attached hydrogens (primary N) is 1. The van der Waals surface area contributed by atoms with E-state index in [0.29, 0.717) is 6.42 Å². The minimum absolute atomic E-state index is 0.233. The van der Waals surface area contributed by atoms with Gasteiger partial charge in [-0.1, -0.05) is 18.2 Å². The lowest BCUT2D eigenvalue weighted by Crippen LogP contribution is -2.53. The lowest BCUT2D eigenvalue weighted by Gasteiger charge is -2.44. The van der Waals surface area contributed by atoms with Crippen LogP contribution in [0.4, 0.5) is 11.4 Å². The molecule has 4 rings (SSSR count). The van der Waals surface area contributed by atoms with Crippen LogP contribution < -0.4 is 15.5 Å². The van der Waals surface area contributed by atoms with Crippen molar-refractivity contribution < 1.29 is 4.79 Å². The van der Waals surface area contributed by atoms with Crippen LogP contribution in [-0.2, 0) is 4.79 Å². The van der Waals surface area contributed by atoms with Gasteiger partial charge in [0.05, 0.1) is 0 Å². The van der Waals surface area contributed by atoms with E-state index in [0.717, 1.165) is 31.6 Å². The van der Waals surface area contributed by atoms with E-state index in [1.807, 2.05) is 12.3 Å². The highest BCUT2D eigenvalue weighted by atomic mass is 16.1. The number of carbonyl (C=O) groups is 1. The van der Waals surface area contributed by atoms with Gasteiger partial charge >= 0.3 is 0 Å². The van der Waals surface area contributed by atoms with Crippen LogP contribution in [0.1, 0.15) is 12.8 Å². The molecule has 5 heteroatoms. The molecule has 1 saturated heterocycles. The topological polar surface area (TPSA) is 65.4 Å². The summed E-state index contributed by atoms with van der Waals surface area (Å²) in [5.74, 6) is -0.233. The summed E-state index contributed by atoms with van der Waals surface area (Å²) in [4.78, 5) is 19.4. The Morgan fingerprint density at radius 3 is 2.73 bits per heavy atom. The number of benzene rings is 2. The summed E-state index contributed by atoms with van der Waals surface area (Å²) in [6.45, 7) is 2.78. The second kappa shape index (κ2) is 7.12. The second-order valence-electron chi connectivity index (χ2n) is 6.88. The van der Waals surface area contributed by atoms with Crippen LogP contribution in [0.5, 0.6) is 0 Å². The SMILES string of the molecule is NC(=O)CCC1CN(c2ccccc2)CCN1c1ccc2[nH]ccc2c1. The number of aromatic amines is 1. The summed E-state index contributed by atoms with van der Waals surface area (Å²) < 4.78 is 0. The molecule has 3 aromatic rings. The molecule has 1 aliphatic heterocycles. The molecule has 1 amide bonds. The monoisotopic (exact) mass is 348 g/mol. The van der Waals surface area contributed by atoms with Gasteiger partial charge in [-0.05, 0) is 42.8 Å². The van der Waals surface area contributed by atoms with Crippen LogP contribution in [0, 0.1) is 0 Å². The van der Waals surface area contributed by atoms with Gasteiger partial charge in [0.25, 0.3) is 0 Å². The zero-order valence-electron chi connectivity index (χ0n) is 14.8. The lowest BCUT2D eigenvalue weighted by atomic mass is 10.0. The van der Waals surface area contributed by atoms with Crippen molar-refractivity contribution in [1.82, 2.24) is 4.98 Å². The predicted molar refractivity (Wildman–Crippen MR) is 107 cm³/mol. The number of para-hydroxylation sites is 1. The fourth-order valence-electron chi connectivity index (χ4n) is 3.84. The number of rotatable bonds is 5. The molecule has 26 heavy (non-hydrogen) atoms. The van der Waals surface area contributed by atoms with Gasteiger partial charge in [-0.25, -0.2) is 0 Å². The summed E-state index contributed by atoms with van der Waals surface area (Å²) in [7, 11) is 0. The largest absolute Gasteiger partial charge is 0.370 e. The van der Waals surface area contributed by atoms with Gasteiger partial charge in [0, 0.05) is 60.6 Å². The van der Waals surface area contributed by atoms with E-state index in [1.54, 1.807) is 0 Å². The summed E-state index contributed by atoms with van der Waals surface area (Å²) in [5, 5.41) is 1.21. The molecule has 5 nitrogen and oxygen atoms in total. The van der Waals surface area contributed by atoms with Crippen molar-refractivity contribution in [3.05, 3.63) is 60.8 Å². The molecular formula is C21H24N4O. The predicted octanol–water partition coefficient (Wildman–Crippen LogP) is 3.13. The third-order valence-corrected chi connectivity index (χ3v) is 5.20. The number of carbonyl (C=O) groups excluding carboxylic acids is 1. The fraction of sp³-hybridized carbons (Fsp3) is 0.286. The number of nitrogens with zero attached hydrogens (tertiary/aromatic N) is 2. The minimum Gasteiger partial charge on any atom is -0.370 e. The molecule has 0 radical (unpaired) electrons. The highest BCUT2D eigenvalue weighted by Gasteiger charge is 2.27. The molecule has 0 saturated carbocycles. The van der Waals surface area contributed by atoms with Crippen molar-refractivity contribution >= 4 is 28.2 Å². The maximum atomic E-state index is 11.4. The number of amides is 1. The van der Waals surface area contributed by atoms with E-state index in [1.165, 1.54) is 16.8 Å². The Morgan fingerprint density at radius 1 is 1.08 bits per heavy atom. The van der Waals surface area contributed by atoms with Crippen molar-refractivity contribution in [2.45, 2.75) is 18.9 Å². The van der Waals surface area contributed by atoms with Crippen molar-refractivity contribution in [1.29, 1.82) is 0 Å². The maximum Gasteiger partial charge on any atom is 0.217 e. The van der Waals surface area contributed by atoms with Crippen molar-refractivity contribution in [2.75, 3.05) is 29.4 Å². The summed E-state index contributed by atoms with van der Waals surface area (Å²) in [6, 6.07) is 19.3. The van der Waals surface area contributed by atoms with Gasteiger partial charge in [-0.15, -0.1) is 0 Å². The zero-order valence-corrected chi connectivity index (χ0v) is 14.8. The third-order valence-electron chi connectivity index (χ3n) is 5.20. The van der Waals surface area contributed by atoms with Crippen molar-refractivity contribution in [3.63, 3.8) is 0 Å². The van der Waals surface area contributed by atoms with E-state index in [2.05, 4.69) is 63.3 Å². The molecule has 0 spiro atoms. The quantitative estimate of drug-likeness (QED) is 0.744. The molecule has 134 valence electrons. The number of fused-ring (bicyclic) bond motifs is 1. The number of aromatic nitrogens is 1. The van der Waals surface area contributed by atoms with Crippen LogP contribution in [0.25, 0.3) is 10.9 Å². The molecule has 1 unspecified atom stereocenters. The van der Waals surface area contributed by atoms with Crippen LogP contribution in [0.3, 0.4) is 0 Å². The number of piperazine rings is 1. The molecule has 1 aromatic heterocycles. The first kappa shape index (κ1) is 16.5. The van der Waals surface area contributed by atoms with Gasteiger partial charge in [0.15, 0.2) is 0 Å². The average Bonchev–Trinajstić information content (AvgIpc) is 3.14. The minimum atomic E-state index is -0.233. The van der Waals surface area contributed by atoms with Gasteiger partial charge < -0.3 is 20.5 Å². The highest BCUT2D eigenvalue weighted by Crippen LogP contribution is 2.28. The van der Waals surface area contributed by atoms with Gasteiger partial charge in [-0.2, -0.15) is 0 Å². The number of hydrogen-bond donors (Lipinski definition) is 2. The zero-order chi connectivity index (χ0) is 17.9. The molecule has 1 aliphatic rings. The normalized spacial score (nSPS) is 17.6. The number of nitrogens with one attached hydrogen (secondary N) is 1. The molecule has 2 aromatic carbocycles. The van der Waals surface area contributed by atoms with Crippen LogP contribution in [-0.4, -0.2) is 36.6 Å². The number of hydrogen-bond acceptors (Lipinski definition) is 3. The third kappa shape index (κ3) is 3.38. The Morgan fingerprint density at radius 2 is 1.92 bits per heavy atom. The molecule has 3 N–H and O–H groups in total. The van der Waals surface area contributed by atoms with Crippen LogP contribution in [0.2, 0.25) is 0 Å². The van der Waals surface area contributed by atoms with Crippen LogP contribution >= 0.6 is 0 Å². The summed E-state index contributed by atoms with van der Waals surface area (Å²) in [6.07, 6.45) is 3.15. The molecule has 1 atom stereocenters. The first-order chi connectivity index (χ1) is 12.7. The second-order valence-corrected chi connectivity index (χ2v) is 6.88. The number of primary amides is 1. The fourth-order valence-corrected chi connectivity index (χ4v) is 3.84. The molecule has 0 bridgehead atoms. The van der Waals surface area contributed by atoms with Gasteiger partial charge in [0.2, 0.25) is 5.91 Å².